The van der Waals surface area contributed by atoms with Crippen LogP contribution in [0.3, 0.4) is 0 Å². The molecule has 1 aliphatic carbocycles. The fourth-order valence-electron chi connectivity index (χ4n) is 2.30. The van der Waals surface area contributed by atoms with Crippen LogP contribution in [0.2, 0.25) is 0 Å². The van der Waals surface area contributed by atoms with E-state index >= 15 is 0 Å². The second-order valence-electron chi connectivity index (χ2n) is 5.55. The standard InChI is InChI=1S/C15H21Cl/c1-11(2)14-6-4-13(5-7-14)10-15(8-9-15)12(3)16/h4-7,11-12H,8-10H2,1-3H3. The molecule has 1 aromatic rings. The van der Waals surface area contributed by atoms with Crippen LogP contribution in [0.4, 0.5) is 0 Å². The SMILES string of the molecule is CC(C)c1ccc(CC2(C(C)Cl)CC2)cc1. The molecule has 1 heteroatoms. The first-order valence-electron chi connectivity index (χ1n) is 6.26. The van der Waals surface area contributed by atoms with Gasteiger partial charge in [-0.15, -0.1) is 11.6 Å². The van der Waals surface area contributed by atoms with Gasteiger partial charge < -0.3 is 0 Å². The Hall–Kier alpha value is -0.490. The molecular weight excluding hydrogens is 216 g/mol. The van der Waals surface area contributed by atoms with Gasteiger partial charge >= 0.3 is 0 Å². The molecule has 0 amide bonds. The van der Waals surface area contributed by atoms with E-state index in [9.17, 15) is 0 Å². The van der Waals surface area contributed by atoms with E-state index in [1.165, 1.54) is 24.0 Å². The van der Waals surface area contributed by atoms with Crippen molar-refractivity contribution < 1.29 is 0 Å². The lowest BCUT2D eigenvalue weighted by Gasteiger charge is -2.18. The topological polar surface area (TPSA) is 0 Å². The molecule has 0 radical (unpaired) electrons. The van der Waals surface area contributed by atoms with Gasteiger partial charge in [0.05, 0.1) is 0 Å². The summed E-state index contributed by atoms with van der Waals surface area (Å²) in [5.74, 6) is 0.621. The van der Waals surface area contributed by atoms with Crippen LogP contribution in [-0.4, -0.2) is 5.38 Å². The van der Waals surface area contributed by atoms with Gasteiger partial charge in [0, 0.05) is 5.38 Å². The zero-order valence-electron chi connectivity index (χ0n) is 10.5. The molecule has 16 heavy (non-hydrogen) atoms. The Kier molecular flexibility index (Phi) is 3.30. The molecule has 1 aromatic carbocycles. The maximum absolute atomic E-state index is 6.26. The zero-order chi connectivity index (χ0) is 11.8. The normalized spacial score (nSPS) is 19.8. The van der Waals surface area contributed by atoms with Crippen molar-refractivity contribution >= 4 is 11.6 Å². The second-order valence-corrected chi connectivity index (χ2v) is 6.21. The van der Waals surface area contributed by atoms with Crippen LogP contribution < -0.4 is 0 Å². The van der Waals surface area contributed by atoms with Crippen molar-refractivity contribution in [2.24, 2.45) is 5.41 Å². The highest BCUT2D eigenvalue weighted by Gasteiger charge is 2.46. The lowest BCUT2D eigenvalue weighted by Crippen LogP contribution is -2.15. The Morgan fingerprint density at radius 1 is 1.12 bits per heavy atom. The third-order valence-corrected chi connectivity index (χ3v) is 4.40. The van der Waals surface area contributed by atoms with Crippen molar-refractivity contribution in [3.8, 4) is 0 Å². The minimum atomic E-state index is 0.303. The number of benzene rings is 1. The van der Waals surface area contributed by atoms with Gasteiger partial charge in [0.25, 0.3) is 0 Å². The van der Waals surface area contributed by atoms with Crippen molar-refractivity contribution in [1.82, 2.24) is 0 Å². The van der Waals surface area contributed by atoms with Gasteiger partial charge in [0.2, 0.25) is 0 Å². The second kappa shape index (κ2) is 4.41. The summed E-state index contributed by atoms with van der Waals surface area (Å²) in [6.45, 7) is 6.60. The van der Waals surface area contributed by atoms with Crippen LogP contribution in [-0.2, 0) is 6.42 Å². The van der Waals surface area contributed by atoms with E-state index in [0.717, 1.165) is 6.42 Å². The van der Waals surface area contributed by atoms with Crippen LogP contribution in [0.25, 0.3) is 0 Å². The third kappa shape index (κ3) is 2.43. The Morgan fingerprint density at radius 3 is 2.06 bits per heavy atom. The largest absolute Gasteiger partial charge is 0.123 e. The van der Waals surface area contributed by atoms with Gasteiger partial charge in [0.1, 0.15) is 0 Å². The first-order valence-corrected chi connectivity index (χ1v) is 6.70. The molecular formula is C15H21Cl. The molecule has 0 aliphatic heterocycles. The fourth-order valence-corrected chi connectivity index (χ4v) is 2.60. The molecule has 1 saturated carbocycles. The van der Waals surface area contributed by atoms with Crippen molar-refractivity contribution in [1.29, 1.82) is 0 Å². The summed E-state index contributed by atoms with van der Waals surface area (Å²) in [6.07, 6.45) is 3.74. The fraction of sp³-hybridized carbons (Fsp3) is 0.600. The Labute approximate surface area is 104 Å². The van der Waals surface area contributed by atoms with Crippen LogP contribution in [0, 0.1) is 5.41 Å². The van der Waals surface area contributed by atoms with Crippen molar-refractivity contribution in [3.05, 3.63) is 35.4 Å². The average Bonchev–Trinajstić information content (AvgIpc) is 3.00. The summed E-state index contributed by atoms with van der Waals surface area (Å²) < 4.78 is 0. The monoisotopic (exact) mass is 236 g/mol. The molecule has 1 fully saturated rings. The van der Waals surface area contributed by atoms with Crippen molar-refractivity contribution in [2.45, 2.75) is 51.3 Å². The first kappa shape index (κ1) is 12.0. The van der Waals surface area contributed by atoms with Gasteiger partial charge in [0.15, 0.2) is 0 Å². The Balaban J connectivity index is 2.06. The van der Waals surface area contributed by atoms with E-state index in [4.69, 9.17) is 11.6 Å². The molecule has 1 unspecified atom stereocenters. The van der Waals surface area contributed by atoms with Crippen molar-refractivity contribution in [2.75, 3.05) is 0 Å². The van der Waals surface area contributed by atoms with Crippen LogP contribution in [0.1, 0.15) is 50.7 Å². The lowest BCUT2D eigenvalue weighted by molar-refractivity contribution is 0.496. The highest BCUT2D eigenvalue weighted by Crippen LogP contribution is 2.53. The summed E-state index contributed by atoms with van der Waals surface area (Å²) in [6, 6.07) is 9.06. The minimum Gasteiger partial charge on any atom is -0.123 e. The molecule has 0 heterocycles. The van der Waals surface area contributed by atoms with Crippen molar-refractivity contribution in [3.63, 3.8) is 0 Å². The molecule has 0 aromatic heterocycles. The van der Waals surface area contributed by atoms with E-state index in [-0.39, 0.29) is 0 Å². The molecule has 2 rings (SSSR count). The first-order chi connectivity index (χ1) is 7.53. The maximum Gasteiger partial charge on any atom is 0.0367 e. The van der Waals surface area contributed by atoms with E-state index in [2.05, 4.69) is 45.0 Å². The summed E-state index contributed by atoms with van der Waals surface area (Å²) in [7, 11) is 0. The summed E-state index contributed by atoms with van der Waals surface area (Å²) in [4.78, 5) is 0. The van der Waals surface area contributed by atoms with Gasteiger partial charge in [-0.25, -0.2) is 0 Å². The minimum absolute atomic E-state index is 0.303. The molecule has 0 N–H and O–H groups in total. The molecule has 1 aliphatic rings. The van der Waals surface area contributed by atoms with E-state index in [1.54, 1.807) is 0 Å². The van der Waals surface area contributed by atoms with Gasteiger partial charge in [-0.1, -0.05) is 38.1 Å². The lowest BCUT2D eigenvalue weighted by atomic mass is 9.92. The summed E-state index contributed by atoms with van der Waals surface area (Å²) in [5.41, 5.74) is 3.27. The van der Waals surface area contributed by atoms with Crippen LogP contribution in [0.15, 0.2) is 24.3 Å². The summed E-state index contributed by atoms with van der Waals surface area (Å²) in [5, 5.41) is 0.303. The van der Waals surface area contributed by atoms with E-state index < -0.39 is 0 Å². The van der Waals surface area contributed by atoms with Gasteiger partial charge in [-0.3, -0.25) is 0 Å². The average molecular weight is 237 g/mol. The molecule has 0 spiro atoms. The number of hydrogen-bond donors (Lipinski definition) is 0. The van der Waals surface area contributed by atoms with Gasteiger partial charge in [-0.05, 0) is 48.6 Å². The molecule has 0 saturated heterocycles. The maximum atomic E-state index is 6.26. The number of alkyl halides is 1. The third-order valence-electron chi connectivity index (χ3n) is 3.94. The van der Waals surface area contributed by atoms with Crippen LogP contribution >= 0.6 is 11.6 Å². The molecule has 0 bridgehead atoms. The molecule has 0 nitrogen and oxygen atoms in total. The smallest absolute Gasteiger partial charge is 0.0367 e. The number of hydrogen-bond acceptors (Lipinski definition) is 0. The quantitative estimate of drug-likeness (QED) is 0.662. The zero-order valence-corrected chi connectivity index (χ0v) is 11.2. The number of rotatable bonds is 4. The van der Waals surface area contributed by atoms with Gasteiger partial charge in [-0.2, -0.15) is 0 Å². The summed E-state index contributed by atoms with van der Waals surface area (Å²) >= 11 is 6.26. The molecule has 1 atom stereocenters. The predicted molar refractivity (Wildman–Crippen MR) is 71.2 cm³/mol. The van der Waals surface area contributed by atoms with Crippen LogP contribution in [0.5, 0.6) is 0 Å². The molecule has 88 valence electrons. The predicted octanol–water partition coefficient (Wildman–Crippen LogP) is 4.76. The van der Waals surface area contributed by atoms with E-state index in [1.807, 2.05) is 0 Å². The Bertz CT molecular complexity index is 344. The Morgan fingerprint density at radius 2 is 1.69 bits per heavy atom. The highest BCUT2D eigenvalue weighted by molar-refractivity contribution is 6.21. The highest BCUT2D eigenvalue weighted by atomic mass is 35.5. The van der Waals surface area contributed by atoms with E-state index in [0.29, 0.717) is 16.7 Å². The number of halogens is 1.